The predicted molar refractivity (Wildman–Crippen MR) is 102 cm³/mol. The van der Waals surface area contributed by atoms with Gasteiger partial charge in [-0.15, -0.1) is 0 Å². The molecule has 0 saturated carbocycles. The number of carbonyl (C=O) groups is 1. The highest BCUT2D eigenvalue weighted by molar-refractivity contribution is 7.19. The standard InChI is InChI=1S/C16H15ClN4O4S/c1-7(19-15-18-6-13(26-15)21-16(23)24)9-3-8-4-10(17)12(25-2)5-11(8)20-14(9)22/h3-7,21H,1-2H3,(H,18,19)(H,20,22)(H,23,24)/t7-/m0/s1. The molecule has 10 heteroatoms. The SMILES string of the molecule is COc1cc2[nH]c(=O)c([C@H](C)Nc3ncc(NC(=O)O)s3)cc2cc1Cl. The largest absolute Gasteiger partial charge is 0.495 e. The first-order valence-electron chi connectivity index (χ1n) is 7.50. The number of thiazole rings is 1. The number of H-pyrrole nitrogens is 1. The van der Waals surface area contributed by atoms with Crippen molar-refractivity contribution in [1.29, 1.82) is 0 Å². The number of methoxy groups -OCH3 is 1. The van der Waals surface area contributed by atoms with Gasteiger partial charge in [-0.1, -0.05) is 22.9 Å². The van der Waals surface area contributed by atoms with Gasteiger partial charge in [0.1, 0.15) is 10.8 Å². The summed E-state index contributed by atoms with van der Waals surface area (Å²) in [5.74, 6) is 0.481. The minimum absolute atomic E-state index is 0.248. The molecule has 0 aliphatic heterocycles. The number of hydrogen-bond acceptors (Lipinski definition) is 6. The molecule has 136 valence electrons. The predicted octanol–water partition coefficient (Wildman–Crippen LogP) is 3.91. The van der Waals surface area contributed by atoms with Crippen molar-refractivity contribution in [1.82, 2.24) is 9.97 Å². The molecule has 0 fully saturated rings. The van der Waals surface area contributed by atoms with E-state index in [1.807, 2.05) is 6.92 Å². The third-order valence-electron chi connectivity index (χ3n) is 3.69. The van der Waals surface area contributed by atoms with Crippen molar-refractivity contribution in [2.24, 2.45) is 0 Å². The second-order valence-electron chi connectivity index (χ2n) is 5.45. The molecule has 1 aromatic carbocycles. The van der Waals surface area contributed by atoms with Gasteiger partial charge in [-0.3, -0.25) is 10.1 Å². The number of carboxylic acid groups (broad SMARTS) is 1. The van der Waals surface area contributed by atoms with Crippen LogP contribution in [-0.4, -0.2) is 28.3 Å². The third-order valence-corrected chi connectivity index (χ3v) is 4.83. The normalized spacial score (nSPS) is 12.0. The molecule has 8 nitrogen and oxygen atoms in total. The van der Waals surface area contributed by atoms with Gasteiger partial charge in [-0.05, 0) is 19.1 Å². The summed E-state index contributed by atoms with van der Waals surface area (Å²) < 4.78 is 5.16. The number of aromatic amines is 1. The second kappa shape index (κ2) is 7.22. The van der Waals surface area contributed by atoms with Gasteiger partial charge < -0.3 is 20.1 Å². The Morgan fingerprint density at radius 2 is 2.19 bits per heavy atom. The number of nitrogens with zero attached hydrogens (tertiary/aromatic N) is 1. The van der Waals surface area contributed by atoms with Crippen molar-refractivity contribution >= 4 is 50.1 Å². The first-order chi connectivity index (χ1) is 12.4. The number of aromatic nitrogens is 2. The molecule has 2 aromatic heterocycles. The molecule has 3 rings (SSSR count). The van der Waals surface area contributed by atoms with Crippen LogP contribution in [0.25, 0.3) is 10.9 Å². The van der Waals surface area contributed by atoms with E-state index in [2.05, 4.69) is 20.6 Å². The quantitative estimate of drug-likeness (QED) is 0.521. The molecule has 3 aromatic rings. The fourth-order valence-electron chi connectivity index (χ4n) is 2.47. The lowest BCUT2D eigenvalue weighted by Crippen LogP contribution is -2.19. The second-order valence-corrected chi connectivity index (χ2v) is 6.89. The Balaban J connectivity index is 1.89. The van der Waals surface area contributed by atoms with Crippen LogP contribution in [0.5, 0.6) is 5.75 Å². The van der Waals surface area contributed by atoms with E-state index in [9.17, 15) is 9.59 Å². The number of ether oxygens (including phenoxy) is 1. The number of benzene rings is 1. The van der Waals surface area contributed by atoms with Crippen LogP contribution in [0.2, 0.25) is 5.02 Å². The average Bonchev–Trinajstić information content (AvgIpc) is 3.00. The molecule has 0 aliphatic rings. The van der Waals surface area contributed by atoms with E-state index >= 15 is 0 Å². The Morgan fingerprint density at radius 1 is 1.42 bits per heavy atom. The highest BCUT2D eigenvalue weighted by Crippen LogP contribution is 2.30. The van der Waals surface area contributed by atoms with Crippen molar-refractivity contribution in [3.63, 3.8) is 0 Å². The lowest BCUT2D eigenvalue weighted by atomic mass is 10.1. The topological polar surface area (TPSA) is 116 Å². The van der Waals surface area contributed by atoms with E-state index < -0.39 is 6.09 Å². The fraction of sp³-hybridized carbons (Fsp3) is 0.188. The number of halogens is 1. The number of pyridine rings is 1. The average molecular weight is 395 g/mol. The lowest BCUT2D eigenvalue weighted by molar-refractivity contribution is 0.210. The number of anilines is 2. The van der Waals surface area contributed by atoms with E-state index in [1.165, 1.54) is 13.3 Å². The van der Waals surface area contributed by atoms with Crippen molar-refractivity contribution < 1.29 is 14.6 Å². The van der Waals surface area contributed by atoms with Gasteiger partial charge >= 0.3 is 6.09 Å². The molecule has 1 atom stereocenters. The zero-order chi connectivity index (χ0) is 18.8. The zero-order valence-corrected chi connectivity index (χ0v) is 15.4. The molecule has 0 radical (unpaired) electrons. The maximum absolute atomic E-state index is 12.4. The van der Waals surface area contributed by atoms with Crippen molar-refractivity contribution in [3.8, 4) is 5.75 Å². The number of fused-ring (bicyclic) bond motifs is 1. The molecular formula is C16H15ClN4O4S. The lowest BCUT2D eigenvalue weighted by Gasteiger charge is -2.14. The molecule has 26 heavy (non-hydrogen) atoms. The zero-order valence-electron chi connectivity index (χ0n) is 13.8. The summed E-state index contributed by atoms with van der Waals surface area (Å²) in [4.78, 5) is 30.0. The van der Waals surface area contributed by atoms with Crippen LogP contribution in [-0.2, 0) is 0 Å². The van der Waals surface area contributed by atoms with Gasteiger partial charge in [0, 0.05) is 17.0 Å². The summed E-state index contributed by atoms with van der Waals surface area (Å²) in [5.41, 5.74) is 0.874. The van der Waals surface area contributed by atoms with Gasteiger partial charge in [0.2, 0.25) is 0 Å². The Morgan fingerprint density at radius 3 is 2.88 bits per heavy atom. The number of rotatable bonds is 5. The number of hydrogen-bond donors (Lipinski definition) is 4. The Labute approximate surface area is 156 Å². The van der Waals surface area contributed by atoms with E-state index in [0.717, 1.165) is 16.7 Å². The van der Waals surface area contributed by atoms with Crippen LogP contribution in [0.15, 0.2) is 29.2 Å². The maximum atomic E-state index is 12.4. The molecule has 0 spiro atoms. The molecule has 2 heterocycles. The van der Waals surface area contributed by atoms with Crippen LogP contribution in [0.1, 0.15) is 18.5 Å². The summed E-state index contributed by atoms with van der Waals surface area (Å²) in [6.07, 6.45) is 0.247. The first kappa shape index (κ1) is 18.0. The van der Waals surface area contributed by atoms with E-state index in [-0.39, 0.29) is 11.6 Å². The van der Waals surface area contributed by atoms with Gasteiger partial charge in [0.25, 0.3) is 5.56 Å². The summed E-state index contributed by atoms with van der Waals surface area (Å²) in [6.45, 7) is 1.81. The van der Waals surface area contributed by atoms with Crippen molar-refractivity contribution in [2.45, 2.75) is 13.0 Å². The third kappa shape index (κ3) is 3.73. The summed E-state index contributed by atoms with van der Waals surface area (Å²) >= 11 is 7.29. The minimum Gasteiger partial charge on any atom is -0.495 e. The van der Waals surface area contributed by atoms with Gasteiger partial charge in [0.15, 0.2) is 5.13 Å². The van der Waals surface area contributed by atoms with Gasteiger partial charge in [0.05, 0.1) is 29.9 Å². The van der Waals surface area contributed by atoms with Crippen molar-refractivity contribution in [3.05, 3.63) is 45.3 Å². The van der Waals surface area contributed by atoms with Gasteiger partial charge in [-0.25, -0.2) is 9.78 Å². The smallest absolute Gasteiger partial charge is 0.409 e. The first-order valence-corrected chi connectivity index (χ1v) is 8.69. The summed E-state index contributed by atoms with van der Waals surface area (Å²) in [7, 11) is 1.51. The molecular weight excluding hydrogens is 380 g/mol. The highest BCUT2D eigenvalue weighted by Gasteiger charge is 2.14. The number of nitrogens with one attached hydrogen (secondary N) is 3. The monoisotopic (exact) mass is 394 g/mol. The Kier molecular flexibility index (Phi) is 5.01. The highest BCUT2D eigenvalue weighted by atomic mass is 35.5. The Hall–Kier alpha value is -2.78. The van der Waals surface area contributed by atoms with Crippen LogP contribution >= 0.6 is 22.9 Å². The number of amides is 1. The van der Waals surface area contributed by atoms with E-state index in [0.29, 0.717) is 32.0 Å². The van der Waals surface area contributed by atoms with E-state index in [4.69, 9.17) is 21.4 Å². The van der Waals surface area contributed by atoms with Crippen LogP contribution in [0, 0.1) is 0 Å². The molecule has 0 aliphatic carbocycles. The van der Waals surface area contributed by atoms with E-state index in [1.54, 1.807) is 18.2 Å². The molecule has 0 bridgehead atoms. The maximum Gasteiger partial charge on any atom is 0.409 e. The summed E-state index contributed by atoms with van der Waals surface area (Å²) in [5, 5.41) is 16.1. The minimum atomic E-state index is -1.16. The van der Waals surface area contributed by atoms with Crippen LogP contribution < -0.4 is 20.9 Å². The van der Waals surface area contributed by atoms with Crippen molar-refractivity contribution in [2.75, 3.05) is 17.7 Å². The fourth-order valence-corrected chi connectivity index (χ4v) is 3.51. The molecule has 4 N–H and O–H groups in total. The molecule has 1 amide bonds. The van der Waals surface area contributed by atoms with Gasteiger partial charge in [-0.2, -0.15) is 0 Å². The molecule has 0 saturated heterocycles. The van der Waals surface area contributed by atoms with Crippen LogP contribution in [0.4, 0.5) is 14.9 Å². The summed E-state index contributed by atoms with van der Waals surface area (Å²) in [6, 6.07) is 4.79. The van der Waals surface area contributed by atoms with Crippen LogP contribution in [0.3, 0.4) is 0 Å². The Bertz CT molecular complexity index is 1030. The molecule has 0 unspecified atom stereocenters.